The Kier molecular flexibility index (Phi) is 1.58. The second-order valence-electron chi connectivity index (χ2n) is 3.39. The van der Waals surface area contributed by atoms with Crippen molar-refractivity contribution in [3.63, 3.8) is 0 Å². The van der Waals surface area contributed by atoms with Crippen molar-refractivity contribution in [2.45, 2.75) is 0 Å². The van der Waals surface area contributed by atoms with Gasteiger partial charge in [-0.1, -0.05) is 0 Å². The Labute approximate surface area is 86.0 Å². The second-order valence-corrected chi connectivity index (χ2v) is 3.39. The van der Waals surface area contributed by atoms with Crippen molar-refractivity contribution in [1.29, 1.82) is 0 Å². The smallest absolute Gasteiger partial charge is 0.0879 e. The van der Waals surface area contributed by atoms with Gasteiger partial charge in [0.05, 0.1) is 24.1 Å². The minimum Gasteiger partial charge on any atom is -0.275 e. The van der Waals surface area contributed by atoms with Crippen LogP contribution in [0.15, 0.2) is 36.9 Å². The van der Waals surface area contributed by atoms with Gasteiger partial charge in [-0.05, 0) is 12.1 Å². The van der Waals surface area contributed by atoms with Crippen molar-refractivity contribution < 1.29 is 0 Å². The third-order valence-corrected chi connectivity index (χ3v) is 2.30. The predicted octanol–water partition coefficient (Wildman–Crippen LogP) is 1.13. The Hall–Kier alpha value is -2.17. The zero-order valence-electron chi connectivity index (χ0n) is 8.20. The molecule has 0 aliphatic carbocycles. The zero-order valence-corrected chi connectivity index (χ0v) is 8.20. The van der Waals surface area contributed by atoms with Gasteiger partial charge in [0.1, 0.15) is 0 Å². The van der Waals surface area contributed by atoms with E-state index in [1.807, 2.05) is 31.6 Å². The van der Waals surface area contributed by atoms with Crippen LogP contribution >= 0.6 is 0 Å². The molecule has 0 N–H and O–H groups in total. The van der Waals surface area contributed by atoms with Crippen molar-refractivity contribution in [2.24, 2.45) is 7.05 Å². The average molecular weight is 199 g/mol. The maximum absolute atomic E-state index is 4.20. The maximum atomic E-state index is 4.20. The predicted molar refractivity (Wildman–Crippen MR) is 55.2 cm³/mol. The van der Waals surface area contributed by atoms with E-state index in [0.717, 1.165) is 16.6 Å². The molecule has 0 aromatic carbocycles. The molecule has 3 aromatic heterocycles. The van der Waals surface area contributed by atoms with Crippen LogP contribution in [0, 0.1) is 0 Å². The number of aryl methyl sites for hydroxylation is 1. The highest BCUT2D eigenvalue weighted by Gasteiger charge is 2.02. The second kappa shape index (κ2) is 2.91. The molecule has 0 amide bonds. The van der Waals surface area contributed by atoms with Crippen molar-refractivity contribution in [2.75, 3.05) is 0 Å². The van der Waals surface area contributed by atoms with E-state index in [2.05, 4.69) is 15.3 Å². The first-order valence-corrected chi connectivity index (χ1v) is 4.62. The summed E-state index contributed by atoms with van der Waals surface area (Å²) in [5, 5.41) is 12.4. The van der Waals surface area contributed by atoms with Gasteiger partial charge in [-0.15, -0.1) is 0 Å². The van der Waals surface area contributed by atoms with Crippen LogP contribution in [-0.2, 0) is 7.05 Å². The highest BCUT2D eigenvalue weighted by Crippen LogP contribution is 2.18. The summed E-state index contributed by atoms with van der Waals surface area (Å²) in [5.41, 5.74) is 3.10. The summed E-state index contributed by atoms with van der Waals surface area (Å²) in [6.45, 7) is 0. The number of aromatic nitrogens is 5. The Morgan fingerprint density at radius 3 is 2.73 bits per heavy atom. The Morgan fingerprint density at radius 1 is 1.07 bits per heavy atom. The van der Waals surface area contributed by atoms with E-state index in [1.54, 1.807) is 21.7 Å². The lowest BCUT2D eigenvalue weighted by Crippen LogP contribution is -1.92. The van der Waals surface area contributed by atoms with E-state index >= 15 is 0 Å². The van der Waals surface area contributed by atoms with E-state index in [-0.39, 0.29) is 0 Å². The normalized spacial score (nSPS) is 11.0. The Balaban J connectivity index is 2.18. The van der Waals surface area contributed by atoms with Crippen LogP contribution in [0.1, 0.15) is 0 Å². The molecule has 0 radical (unpaired) electrons. The molecule has 3 heterocycles. The lowest BCUT2D eigenvalue weighted by molar-refractivity contribution is 0.768. The average Bonchev–Trinajstić information content (AvgIpc) is 2.84. The van der Waals surface area contributed by atoms with Gasteiger partial charge in [0.2, 0.25) is 0 Å². The lowest BCUT2D eigenvalue weighted by atomic mass is 10.2. The summed E-state index contributed by atoms with van der Waals surface area (Å²) in [4.78, 5) is 0. The minimum absolute atomic E-state index is 0.983. The molecule has 0 aliphatic heterocycles. The molecule has 0 saturated heterocycles. The fraction of sp³-hybridized carbons (Fsp3) is 0.100. The van der Waals surface area contributed by atoms with Crippen LogP contribution in [0.3, 0.4) is 0 Å². The highest BCUT2D eigenvalue weighted by atomic mass is 15.4. The quantitative estimate of drug-likeness (QED) is 0.590. The molecule has 0 atom stereocenters. The molecule has 74 valence electrons. The molecular formula is C10H9N5. The van der Waals surface area contributed by atoms with Gasteiger partial charge in [-0.25, -0.2) is 0 Å². The van der Waals surface area contributed by atoms with Crippen molar-refractivity contribution in [1.82, 2.24) is 24.6 Å². The van der Waals surface area contributed by atoms with Gasteiger partial charge in [0.15, 0.2) is 0 Å². The van der Waals surface area contributed by atoms with Crippen LogP contribution in [0.25, 0.3) is 16.6 Å². The molecule has 0 spiro atoms. The van der Waals surface area contributed by atoms with E-state index in [1.165, 1.54) is 0 Å². The molecule has 3 rings (SSSR count). The van der Waals surface area contributed by atoms with Crippen LogP contribution < -0.4 is 0 Å². The van der Waals surface area contributed by atoms with Crippen LogP contribution in [0.5, 0.6) is 0 Å². The molecule has 5 heteroatoms. The first-order valence-electron chi connectivity index (χ1n) is 4.62. The largest absolute Gasteiger partial charge is 0.275 e. The third kappa shape index (κ3) is 1.28. The van der Waals surface area contributed by atoms with E-state index in [9.17, 15) is 0 Å². The molecule has 3 aromatic rings. The summed E-state index contributed by atoms with van der Waals surface area (Å²) in [6, 6.07) is 3.96. The summed E-state index contributed by atoms with van der Waals surface area (Å²) >= 11 is 0. The SMILES string of the molecule is Cn1cc(-c2cnn3nccc3c2)cn1. The first kappa shape index (κ1) is 8.16. The highest BCUT2D eigenvalue weighted by molar-refractivity contribution is 5.66. The summed E-state index contributed by atoms with van der Waals surface area (Å²) < 4.78 is 3.37. The zero-order chi connectivity index (χ0) is 10.3. The van der Waals surface area contributed by atoms with Crippen LogP contribution in [-0.4, -0.2) is 24.6 Å². The lowest BCUT2D eigenvalue weighted by Gasteiger charge is -1.96. The first-order chi connectivity index (χ1) is 7.33. The maximum Gasteiger partial charge on any atom is 0.0879 e. The van der Waals surface area contributed by atoms with Gasteiger partial charge < -0.3 is 0 Å². The van der Waals surface area contributed by atoms with Crippen LogP contribution in [0.4, 0.5) is 0 Å². The van der Waals surface area contributed by atoms with Gasteiger partial charge >= 0.3 is 0 Å². The van der Waals surface area contributed by atoms with Gasteiger partial charge in [0, 0.05) is 24.4 Å². The van der Waals surface area contributed by atoms with Gasteiger partial charge in [0.25, 0.3) is 0 Å². The summed E-state index contributed by atoms with van der Waals surface area (Å²) in [7, 11) is 1.90. The van der Waals surface area contributed by atoms with Crippen molar-refractivity contribution >= 4 is 5.52 Å². The molecule has 0 aliphatic rings. The molecule has 0 fully saturated rings. The van der Waals surface area contributed by atoms with Gasteiger partial charge in [-0.2, -0.15) is 19.9 Å². The fourth-order valence-corrected chi connectivity index (χ4v) is 1.55. The third-order valence-electron chi connectivity index (χ3n) is 2.30. The van der Waals surface area contributed by atoms with E-state index in [4.69, 9.17) is 0 Å². The minimum atomic E-state index is 0.983. The van der Waals surface area contributed by atoms with E-state index in [0.29, 0.717) is 0 Å². The molecule has 5 nitrogen and oxygen atoms in total. The molecule has 0 saturated carbocycles. The number of hydrogen-bond acceptors (Lipinski definition) is 3. The topological polar surface area (TPSA) is 48.0 Å². The molecular weight excluding hydrogens is 190 g/mol. The van der Waals surface area contributed by atoms with Crippen molar-refractivity contribution in [3.05, 3.63) is 36.9 Å². The van der Waals surface area contributed by atoms with Crippen molar-refractivity contribution in [3.8, 4) is 11.1 Å². The number of hydrogen-bond donors (Lipinski definition) is 0. The Morgan fingerprint density at radius 2 is 1.93 bits per heavy atom. The molecule has 0 unspecified atom stereocenters. The molecule has 0 bridgehead atoms. The monoisotopic (exact) mass is 199 g/mol. The fourth-order valence-electron chi connectivity index (χ4n) is 1.55. The number of fused-ring (bicyclic) bond motifs is 1. The number of rotatable bonds is 1. The van der Waals surface area contributed by atoms with Gasteiger partial charge in [-0.3, -0.25) is 4.68 Å². The number of nitrogens with zero attached hydrogens (tertiary/aromatic N) is 5. The Bertz CT molecular complexity index is 607. The van der Waals surface area contributed by atoms with E-state index < -0.39 is 0 Å². The summed E-state index contributed by atoms with van der Waals surface area (Å²) in [6.07, 6.45) is 7.31. The molecule has 15 heavy (non-hydrogen) atoms. The summed E-state index contributed by atoms with van der Waals surface area (Å²) in [5.74, 6) is 0. The van der Waals surface area contributed by atoms with Crippen LogP contribution in [0.2, 0.25) is 0 Å². The standard InChI is InChI=1S/C10H9N5/c1-14-7-9(6-12-14)8-4-10-2-3-11-15(10)13-5-8/h2-7H,1H3.